The molecule has 2 atom stereocenters. The van der Waals surface area contributed by atoms with Crippen LogP contribution in [0.5, 0.6) is 0 Å². The zero-order valence-corrected chi connectivity index (χ0v) is 20.3. The van der Waals surface area contributed by atoms with Gasteiger partial charge in [0.25, 0.3) is 0 Å². The molecule has 1 spiro atoms. The number of rotatable bonds is 4. The monoisotopic (exact) mass is 498 g/mol. The fourth-order valence-corrected chi connectivity index (χ4v) is 5.78. The van der Waals surface area contributed by atoms with Gasteiger partial charge in [0.2, 0.25) is 0 Å². The van der Waals surface area contributed by atoms with E-state index < -0.39 is 28.1 Å². The van der Waals surface area contributed by atoms with E-state index in [1.54, 1.807) is 4.90 Å². The lowest BCUT2D eigenvalue weighted by Crippen LogP contribution is -2.43. The van der Waals surface area contributed by atoms with E-state index in [0.717, 1.165) is 17.9 Å². The van der Waals surface area contributed by atoms with Gasteiger partial charge < -0.3 is 19.1 Å². The van der Waals surface area contributed by atoms with Gasteiger partial charge in [0, 0.05) is 31.6 Å². The Bertz CT molecular complexity index is 1080. The van der Waals surface area contributed by atoms with Gasteiger partial charge >= 0.3 is 22.5 Å². The number of amides is 3. The van der Waals surface area contributed by atoms with Crippen molar-refractivity contribution in [2.75, 3.05) is 19.6 Å². The molecule has 1 aromatic heterocycles. The third-order valence-electron chi connectivity index (χ3n) is 7.27. The van der Waals surface area contributed by atoms with Crippen LogP contribution in [0.3, 0.4) is 0 Å². The molecule has 3 aliphatic heterocycles. The van der Waals surface area contributed by atoms with Crippen molar-refractivity contribution in [3.05, 3.63) is 17.5 Å². The lowest BCUT2D eigenvalue weighted by atomic mass is 9.84. The molecule has 188 valence electrons. The van der Waals surface area contributed by atoms with Crippen molar-refractivity contribution in [2.45, 2.75) is 76.5 Å². The first kappa shape index (κ1) is 23.4. The van der Waals surface area contributed by atoms with Crippen molar-refractivity contribution >= 4 is 22.5 Å². The predicted molar refractivity (Wildman–Crippen MR) is 116 cm³/mol. The van der Waals surface area contributed by atoms with Gasteiger partial charge in [-0.05, 0) is 58.3 Å². The number of carbonyl (C=O) groups is 2. The van der Waals surface area contributed by atoms with Crippen molar-refractivity contribution in [3.8, 4) is 0 Å². The maximum Gasteiger partial charge on any atom is 0.418 e. The molecule has 3 amide bonds. The van der Waals surface area contributed by atoms with Gasteiger partial charge in [-0.1, -0.05) is 5.16 Å². The van der Waals surface area contributed by atoms with Crippen LogP contribution in [0.2, 0.25) is 0 Å². The molecule has 1 N–H and O–H groups in total. The van der Waals surface area contributed by atoms with Gasteiger partial charge in [-0.3, -0.25) is 4.55 Å². The third kappa shape index (κ3) is 4.36. The van der Waals surface area contributed by atoms with Crippen molar-refractivity contribution in [1.29, 1.82) is 0 Å². The Balaban J connectivity index is 1.27. The molecule has 1 aliphatic carbocycles. The highest BCUT2D eigenvalue weighted by Gasteiger charge is 2.64. The molecule has 4 heterocycles. The van der Waals surface area contributed by atoms with Gasteiger partial charge in [0.15, 0.2) is 0 Å². The van der Waals surface area contributed by atoms with Crippen LogP contribution in [0.15, 0.2) is 10.6 Å². The number of aromatic nitrogens is 1. The zero-order valence-electron chi connectivity index (χ0n) is 19.5. The SMILES string of the molecule is CC(C)(C)OC(=O)N1CCC(c2cc([C@@H]3CC4(CC4)[C@@H]4CN3C(=O)N4OS(=O)(=O)O)no2)CC1. The van der Waals surface area contributed by atoms with Crippen LogP contribution in [0.1, 0.15) is 76.3 Å². The highest BCUT2D eigenvalue weighted by atomic mass is 32.3. The largest absolute Gasteiger partial charge is 0.444 e. The summed E-state index contributed by atoms with van der Waals surface area (Å²) in [5.41, 5.74) is -0.173. The van der Waals surface area contributed by atoms with E-state index in [0.29, 0.717) is 50.4 Å². The summed E-state index contributed by atoms with van der Waals surface area (Å²) in [5.74, 6) is 0.809. The molecule has 0 radical (unpaired) electrons. The first-order chi connectivity index (χ1) is 15.9. The number of likely N-dealkylation sites (tertiary alicyclic amines) is 1. The molecule has 2 bridgehead atoms. The Morgan fingerprint density at radius 2 is 1.94 bits per heavy atom. The first-order valence-corrected chi connectivity index (χ1v) is 12.9. The summed E-state index contributed by atoms with van der Waals surface area (Å²) in [5, 5.41) is 5.06. The van der Waals surface area contributed by atoms with Gasteiger partial charge in [-0.25, -0.2) is 9.59 Å². The summed E-state index contributed by atoms with van der Waals surface area (Å²) in [6, 6.07) is 0.475. The van der Waals surface area contributed by atoms with E-state index in [-0.39, 0.29) is 23.5 Å². The fourth-order valence-electron chi connectivity index (χ4n) is 5.41. The van der Waals surface area contributed by atoms with Gasteiger partial charge in [0.1, 0.15) is 17.1 Å². The summed E-state index contributed by atoms with van der Waals surface area (Å²) in [7, 11) is -4.81. The summed E-state index contributed by atoms with van der Waals surface area (Å²) < 4.78 is 47.4. The highest BCUT2D eigenvalue weighted by molar-refractivity contribution is 7.80. The van der Waals surface area contributed by atoms with Crippen LogP contribution in [0, 0.1) is 5.41 Å². The summed E-state index contributed by atoms with van der Waals surface area (Å²) >= 11 is 0. The molecular weight excluding hydrogens is 468 g/mol. The average molecular weight is 499 g/mol. The maximum absolute atomic E-state index is 12.9. The van der Waals surface area contributed by atoms with Crippen LogP contribution in [-0.2, 0) is 19.4 Å². The third-order valence-corrected chi connectivity index (χ3v) is 7.62. The number of hydrogen-bond donors (Lipinski definition) is 1. The van der Waals surface area contributed by atoms with Crippen LogP contribution in [0.25, 0.3) is 0 Å². The van der Waals surface area contributed by atoms with Gasteiger partial charge in [-0.2, -0.15) is 13.5 Å². The highest BCUT2D eigenvalue weighted by Crippen LogP contribution is 2.62. The predicted octanol–water partition coefficient (Wildman–Crippen LogP) is 2.85. The molecule has 5 rings (SSSR count). The van der Waals surface area contributed by atoms with Crippen molar-refractivity contribution < 1.29 is 36.1 Å². The Labute approximate surface area is 198 Å². The minimum absolute atomic E-state index is 0.0970. The summed E-state index contributed by atoms with van der Waals surface area (Å²) in [6.45, 7) is 6.92. The fraction of sp³-hybridized carbons (Fsp3) is 0.762. The second kappa shape index (κ2) is 7.82. The second-order valence-electron chi connectivity index (χ2n) is 10.8. The Hall–Kier alpha value is -2.38. The van der Waals surface area contributed by atoms with Crippen molar-refractivity contribution in [3.63, 3.8) is 0 Å². The number of fused-ring (bicyclic) bond motifs is 3. The van der Waals surface area contributed by atoms with E-state index in [1.165, 1.54) is 4.90 Å². The van der Waals surface area contributed by atoms with Crippen LogP contribution in [-0.4, -0.2) is 76.4 Å². The minimum Gasteiger partial charge on any atom is -0.444 e. The number of carbonyl (C=O) groups excluding carboxylic acids is 2. The normalized spacial score (nSPS) is 26.9. The molecule has 0 aromatic carbocycles. The number of piperidine rings is 2. The summed E-state index contributed by atoms with van der Waals surface area (Å²) in [4.78, 5) is 28.5. The number of hydroxylamine groups is 2. The van der Waals surface area contributed by atoms with Crippen molar-refractivity contribution in [1.82, 2.24) is 20.0 Å². The smallest absolute Gasteiger partial charge is 0.418 e. The van der Waals surface area contributed by atoms with Crippen LogP contribution >= 0.6 is 0 Å². The van der Waals surface area contributed by atoms with E-state index >= 15 is 0 Å². The molecule has 1 aromatic rings. The van der Waals surface area contributed by atoms with Gasteiger partial charge in [0.05, 0.1) is 12.1 Å². The molecule has 13 heteroatoms. The second-order valence-corrected chi connectivity index (χ2v) is 11.8. The minimum atomic E-state index is -4.81. The Kier molecular flexibility index (Phi) is 5.37. The lowest BCUT2D eigenvalue weighted by molar-refractivity contribution is -0.0527. The molecule has 0 unspecified atom stereocenters. The number of urea groups is 1. The van der Waals surface area contributed by atoms with E-state index in [2.05, 4.69) is 9.44 Å². The first-order valence-electron chi connectivity index (χ1n) is 11.6. The van der Waals surface area contributed by atoms with Gasteiger partial charge in [-0.15, -0.1) is 4.28 Å². The molecule has 3 saturated heterocycles. The summed E-state index contributed by atoms with van der Waals surface area (Å²) in [6.07, 6.45) is 3.41. The van der Waals surface area contributed by atoms with Crippen LogP contribution in [0.4, 0.5) is 9.59 Å². The number of nitrogens with zero attached hydrogens (tertiary/aromatic N) is 4. The topological polar surface area (TPSA) is 143 Å². The van der Waals surface area contributed by atoms with E-state index in [1.807, 2.05) is 26.8 Å². The zero-order chi connectivity index (χ0) is 24.5. The van der Waals surface area contributed by atoms with Crippen LogP contribution < -0.4 is 0 Å². The maximum atomic E-state index is 12.9. The molecule has 1 saturated carbocycles. The Morgan fingerprint density at radius 3 is 2.53 bits per heavy atom. The molecule has 12 nitrogen and oxygen atoms in total. The standard InChI is InChI=1S/C21H30N4O8S/c1-20(2,3)31-19(27)23-8-4-13(5-9-23)16-10-14(22-32-16)15-11-21(6-7-21)17-12-24(15)18(26)25(17)33-34(28,29)30/h10,13,15,17H,4-9,11-12H2,1-3H3,(H,28,29,30)/t15-,17-/m0/s1. The molecule has 34 heavy (non-hydrogen) atoms. The van der Waals surface area contributed by atoms with E-state index in [9.17, 15) is 18.0 Å². The molecular formula is C21H30N4O8S. The van der Waals surface area contributed by atoms with E-state index in [4.69, 9.17) is 13.8 Å². The molecule has 4 aliphatic rings. The Morgan fingerprint density at radius 1 is 1.26 bits per heavy atom. The number of ether oxygens (including phenoxy) is 1. The lowest BCUT2D eigenvalue weighted by Gasteiger charge is -2.35. The number of hydrogen-bond acceptors (Lipinski definition) is 8. The van der Waals surface area contributed by atoms with Crippen molar-refractivity contribution in [2.24, 2.45) is 5.41 Å². The average Bonchev–Trinajstić information content (AvgIpc) is 3.22. The molecule has 4 fully saturated rings. The quantitative estimate of drug-likeness (QED) is 0.620.